The molecule has 0 saturated carbocycles. The van der Waals surface area contributed by atoms with E-state index >= 15 is 0 Å². The van der Waals surface area contributed by atoms with Crippen molar-refractivity contribution in [2.75, 3.05) is 39.3 Å². The van der Waals surface area contributed by atoms with Crippen LogP contribution in [0.4, 0.5) is 0 Å². The first-order valence-electron chi connectivity index (χ1n) is 10.5. The summed E-state index contributed by atoms with van der Waals surface area (Å²) >= 11 is 0. The van der Waals surface area contributed by atoms with Gasteiger partial charge in [0.15, 0.2) is 11.7 Å². The van der Waals surface area contributed by atoms with Crippen molar-refractivity contribution < 1.29 is 9.21 Å². The first-order valence-corrected chi connectivity index (χ1v) is 10.5. The van der Waals surface area contributed by atoms with E-state index in [4.69, 9.17) is 9.41 Å². The molecule has 4 rings (SSSR count). The smallest absolute Gasteiger partial charge is 0.289 e. The van der Waals surface area contributed by atoms with Gasteiger partial charge in [0.25, 0.3) is 5.91 Å². The molecule has 1 N–H and O–H groups in total. The summed E-state index contributed by atoms with van der Waals surface area (Å²) < 4.78 is 7.41. The van der Waals surface area contributed by atoms with Gasteiger partial charge in [-0.3, -0.25) is 9.79 Å². The summed E-state index contributed by atoms with van der Waals surface area (Å²) in [6, 6.07) is 11.6. The summed E-state index contributed by atoms with van der Waals surface area (Å²) in [4.78, 5) is 25.8. The number of nitrogens with zero attached hydrogens (tertiary/aromatic N) is 5. The van der Waals surface area contributed by atoms with Crippen LogP contribution in [0.25, 0.3) is 11.0 Å². The Morgan fingerprint density at radius 3 is 2.70 bits per heavy atom. The van der Waals surface area contributed by atoms with Gasteiger partial charge < -0.3 is 24.1 Å². The number of carbonyl (C=O) groups is 1. The number of carbonyl (C=O) groups excluding carboxylic acids is 1. The minimum atomic E-state index is -0.0471. The van der Waals surface area contributed by atoms with Gasteiger partial charge in [-0.1, -0.05) is 12.1 Å². The third-order valence-corrected chi connectivity index (χ3v) is 5.28. The molecule has 8 heteroatoms. The Kier molecular flexibility index (Phi) is 6.32. The van der Waals surface area contributed by atoms with Crippen LogP contribution in [0.1, 0.15) is 23.9 Å². The monoisotopic (exact) mass is 408 g/mol. The fourth-order valence-corrected chi connectivity index (χ4v) is 3.72. The average molecular weight is 409 g/mol. The summed E-state index contributed by atoms with van der Waals surface area (Å²) in [7, 11) is 0. The van der Waals surface area contributed by atoms with E-state index in [1.807, 2.05) is 29.4 Å². The van der Waals surface area contributed by atoms with Crippen molar-refractivity contribution in [1.29, 1.82) is 0 Å². The molecule has 0 spiro atoms. The van der Waals surface area contributed by atoms with Gasteiger partial charge in [0.1, 0.15) is 0 Å². The fraction of sp³-hybridized carbons (Fsp3) is 0.409. The van der Waals surface area contributed by atoms with Crippen molar-refractivity contribution in [2.45, 2.75) is 19.9 Å². The van der Waals surface area contributed by atoms with Gasteiger partial charge >= 0.3 is 0 Å². The Morgan fingerprint density at radius 1 is 1.13 bits per heavy atom. The molecule has 0 unspecified atom stereocenters. The van der Waals surface area contributed by atoms with Gasteiger partial charge in [0.2, 0.25) is 0 Å². The number of furan rings is 1. The highest BCUT2D eigenvalue weighted by Crippen LogP contribution is 2.12. The highest BCUT2D eigenvalue weighted by atomic mass is 16.3. The second-order valence-corrected chi connectivity index (χ2v) is 7.27. The van der Waals surface area contributed by atoms with E-state index in [9.17, 15) is 4.79 Å². The number of amides is 1. The zero-order chi connectivity index (χ0) is 20.8. The molecule has 0 radical (unpaired) electrons. The molecule has 1 aliphatic rings. The predicted octanol–water partition coefficient (Wildman–Crippen LogP) is 2.44. The Balaban J connectivity index is 1.30. The number of piperazine rings is 1. The molecule has 30 heavy (non-hydrogen) atoms. The lowest BCUT2D eigenvalue weighted by atomic mass is 10.3. The Morgan fingerprint density at radius 2 is 1.93 bits per heavy atom. The second kappa shape index (κ2) is 9.47. The molecule has 8 nitrogen and oxygen atoms in total. The molecule has 3 heterocycles. The van der Waals surface area contributed by atoms with Crippen LogP contribution in [0.15, 0.2) is 58.4 Å². The van der Waals surface area contributed by atoms with Crippen LogP contribution >= 0.6 is 0 Å². The zero-order valence-corrected chi connectivity index (χ0v) is 17.3. The highest BCUT2D eigenvalue weighted by molar-refractivity contribution is 5.91. The molecule has 2 aromatic heterocycles. The summed E-state index contributed by atoms with van der Waals surface area (Å²) in [5, 5.41) is 3.38. The maximum absolute atomic E-state index is 12.4. The highest BCUT2D eigenvalue weighted by Gasteiger charge is 2.25. The third-order valence-electron chi connectivity index (χ3n) is 5.28. The first-order chi connectivity index (χ1) is 14.8. The molecule has 1 aliphatic heterocycles. The van der Waals surface area contributed by atoms with E-state index in [-0.39, 0.29) is 5.91 Å². The number of benzene rings is 1. The second-order valence-electron chi connectivity index (χ2n) is 7.27. The number of guanidine groups is 1. The molecule has 1 amide bonds. The molecule has 1 aromatic carbocycles. The molecular weight excluding hydrogens is 380 g/mol. The van der Waals surface area contributed by atoms with Gasteiger partial charge in [-0.05, 0) is 37.6 Å². The molecule has 1 saturated heterocycles. The number of hydrogen-bond acceptors (Lipinski definition) is 4. The van der Waals surface area contributed by atoms with Gasteiger partial charge in [-0.15, -0.1) is 0 Å². The van der Waals surface area contributed by atoms with Crippen LogP contribution in [-0.2, 0) is 6.54 Å². The number of aliphatic imine (C=N–C) groups is 1. The summed E-state index contributed by atoms with van der Waals surface area (Å²) in [6.45, 7) is 7.33. The number of aryl methyl sites for hydroxylation is 1. The van der Waals surface area contributed by atoms with Crippen LogP contribution in [0.5, 0.6) is 0 Å². The predicted molar refractivity (Wildman–Crippen MR) is 117 cm³/mol. The van der Waals surface area contributed by atoms with Crippen molar-refractivity contribution >= 4 is 22.9 Å². The summed E-state index contributed by atoms with van der Waals surface area (Å²) in [5.41, 5.74) is 2.18. The van der Waals surface area contributed by atoms with E-state index in [0.717, 1.165) is 56.1 Å². The number of fused-ring (bicyclic) bond motifs is 1. The van der Waals surface area contributed by atoms with Crippen LogP contribution in [0.2, 0.25) is 0 Å². The number of imidazole rings is 1. The first kappa shape index (κ1) is 20.0. The number of rotatable bonds is 6. The van der Waals surface area contributed by atoms with Crippen molar-refractivity contribution in [3.05, 3.63) is 54.7 Å². The lowest BCUT2D eigenvalue weighted by Gasteiger charge is -2.36. The minimum Gasteiger partial charge on any atom is -0.459 e. The molecule has 0 aliphatic carbocycles. The van der Waals surface area contributed by atoms with E-state index in [2.05, 4.69) is 32.8 Å². The Bertz CT molecular complexity index is 986. The molecule has 0 atom stereocenters. The van der Waals surface area contributed by atoms with Gasteiger partial charge in [-0.25, -0.2) is 4.98 Å². The molecule has 1 fully saturated rings. The van der Waals surface area contributed by atoms with Crippen molar-refractivity contribution in [3.8, 4) is 0 Å². The summed E-state index contributed by atoms with van der Waals surface area (Å²) in [5.74, 6) is 1.27. The van der Waals surface area contributed by atoms with E-state index in [1.165, 1.54) is 6.26 Å². The lowest BCUT2D eigenvalue weighted by molar-refractivity contribution is 0.0657. The van der Waals surface area contributed by atoms with Crippen LogP contribution in [0.3, 0.4) is 0 Å². The fourth-order valence-electron chi connectivity index (χ4n) is 3.72. The average Bonchev–Trinajstić information content (AvgIpc) is 3.46. The maximum Gasteiger partial charge on any atom is 0.289 e. The zero-order valence-electron chi connectivity index (χ0n) is 17.3. The number of nitrogens with one attached hydrogen (secondary N) is 1. The molecular formula is C22H28N6O2. The molecule has 158 valence electrons. The van der Waals surface area contributed by atoms with Crippen molar-refractivity contribution in [2.24, 2.45) is 4.99 Å². The quantitative estimate of drug-likeness (QED) is 0.385. The molecule has 0 bridgehead atoms. The van der Waals surface area contributed by atoms with E-state index in [0.29, 0.717) is 18.8 Å². The van der Waals surface area contributed by atoms with Gasteiger partial charge in [0, 0.05) is 45.8 Å². The normalized spacial score (nSPS) is 15.0. The van der Waals surface area contributed by atoms with Crippen LogP contribution in [-0.4, -0.2) is 70.5 Å². The van der Waals surface area contributed by atoms with Crippen LogP contribution < -0.4 is 5.32 Å². The number of hydrogen-bond donors (Lipinski definition) is 1. The van der Waals surface area contributed by atoms with Gasteiger partial charge in [-0.2, -0.15) is 0 Å². The minimum absolute atomic E-state index is 0.0471. The van der Waals surface area contributed by atoms with Crippen molar-refractivity contribution in [1.82, 2.24) is 24.7 Å². The molecule has 3 aromatic rings. The Labute approximate surface area is 176 Å². The number of para-hydroxylation sites is 2. The maximum atomic E-state index is 12.4. The van der Waals surface area contributed by atoms with Gasteiger partial charge in [0.05, 0.1) is 23.6 Å². The van der Waals surface area contributed by atoms with Crippen molar-refractivity contribution in [3.63, 3.8) is 0 Å². The van der Waals surface area contributed by atoms with E-state index in [1.54, 1.807) is 12.1 Å². The standard InChI is InChI=1S/C22H28N6O2/c1-2-23-22(24-10-6-11-28-17-25-18-7-3-4-8-19(18)28)27-14-12-26(13-15-27)21(29)20-9-5-16-30-20/h3-5,7-9,16-17H,2,6,10-15H2,1H3,(H,23,24). The van der Waals surface area contributed by atoms with E-state index < -0.39 is 0 Å². The number of aromatic nitrogens is 2. The SMILES string of the molecule is CCNC(=NCCCn1cnc2ccccc21)N1CCN(C(=O)c2ccco2)CC1. The largest absolute Gasteiger partial charge is 0.459 e. The lowest BCUT2D eigenvalue weighted by Crippen LogP contribution is -2.53. The van der Waals surface area contributed by atoms with Crippen LogP contribution in [0, 0.1) is 0 Å². The third kappa shape index (κ3) is 4.48. The Hall–Kier alpha value is -3.29. The summed E-state index contributed by atoms with van der Waals surface area (Å²) in [6.07, 6.45) is 4.37. The topological polar surface area (TPSA) is 78.9 Å².